The van der Waals surface area contributed by atoms with Gasteiger partial charge in [-0.25, -0.2) is 0 Å². The van der Waals surface area contributed by atoms with E-state index in [0.29, 0.717) is 5.92 Å². The Morgan fingerprint density at radius 2 is 1.79 bits per heavy atom. The summed E-state index contributed by atoms with van der Waals surface area (Å²) in [5, 5.41) is 10.3. The summed E-state index contributed by atoms with van der Waals surface area (Å²) >= 11 is 0. The van der Waals surface area contributed by atoms with Crippen LogP contribution in [0.5, 0.6) is 0 Å². The molecule has 0 aliphatic heterocycles. The topological polar surface area (TPSA) is 23.5 Å². The standard InChI is InChI=1S/C12H25NO/c1-11(2)9-13(3)10-12(14)7-5-4-6-8-12/h11,14H,4-10H2,1-3H3. The van der Waals surface area contributed by atoms with E-state index in [2.05, 4.69) is 25.8 Å². The maximum absolute atomic E-state index is 10.3. The van der Waals surface area contributed by atoms with Crippen LogP contribution in [0.2, 0.25) is 0 Å². The molecule has 0 amide bonds. The molecule has 1 aliphatic carbocycles. The number of nitrogens with zero attached hydrogens (tertiary/aromatic N) is 1. The summed E-state index contributed by atoms with van der Waals surface area (Å²) in [6.45, 7) is 6.39. The monoisotopic (exact) mass is 199 g/mol. The Morgan fingerprint density at radius 1 is 1.21 bits per heavy atom. The van der Waals surface area contributed by atoms with Crippen molar-refractivity contribution in [3.8, 4) is 0 Å². The molecule has 1 fully saturated rings. The fraction of sp³-hybridized carbons (Fsp3) is 1.00. The van der Waals surface area contributed by atoms with Gasteiger partial charge in [-0.2, -0.15) is 0 Å². The number of rotatable bonds is 4. The quantitative estimate of drug-likeness (QED) is 0.751. The van der Waals surface area contributed by atoms with Gasteiger partial charge in [0.05, 0.1) is 5.60 Å². The summed E-state index contributed by atoms with van der Waals surface area (Å²) in [5.41, 5.74) is -0.387. The van der Waals surface area contributed by atoms with Crippen molar-refractivity contribution in [3.63, 3.8) is 0 Å². The molecule has 0 atom stereocenters. The van der Waals surface area contributed by atoms with Crippen LogP contribution in [0.15, 0.2) is 0 Å². The molecule has 0 heterocycles. The van der Waals surface area contributed by atoms with Gasteiger partial charge in [-0.3, -0.25) is 0 Å². The molecule has 14 heavy (non-hydrogen) atoms. The Morgan fingerprint density at radius 3 is 2.29 bits per heavy atom. The minimum atomic E-state index is -0.387. The first kappa shape index (κ1) is 12.0. The number of likely N-dealkylation sites (N-methyl/N-ethyl adjacent to an activating group) is 1. The van der Waals surface area contributed by atoms with Gasteiger partial charge in [-0.1, -0.05) is 33.1 Å². The summed E-state index contributed by atoms with van der Waals surface area (Å²) in [4.78, 5) is 2.27. The predicted octanol–water partition coefficient (Wildman–Crippen LogP) is 2.27. The molecule has 0 bridgehead atoms. The zero-order chi connectivity index (χ0) is 10.6. The molecule has 0 radical (unpaired) electrons. The highest BCUT2D eigenvalue weighted by atomic mass is 16.3. The highest BCUT2D eigenvalue weighted by Gasteiger charge is 2.30. The van der Waals surface area contributed by atoms with Gasteiger partial charge in [0, 0.05) is 13.1 Å². The lowest BCUT2D eigenvalue weighted by atomic mass is 9.84. The third-order valence-electron chi connectivity index (χ3n) is 3.03. The molecule has 0 spiro atoms. The van der Waals surface area contributed by atoms with E-state index in [1.807, 2.05) is 0 Å². The Bertz CT molecular complexity index is 162. The molecule has 0 aromatic heterocycles. The van der Waals surface area contributed by atoms with Gasteiger partial charge in [-0.05, 0) is 25.8 Å². The number of hydrogen-bond donors (Lipinski definition) is 1. The SMILES string of the molecule is CC(C)CN(C)CC1(O)CCCCC1. The smallest absolute Gasteiger partial charge is 0.0774 e. The van der Waals surface area contributed by atoms with E-state index in [4.69, 9.17) is 0 Å². The van der Waals surface area contributed by atoms with Gasteiger partial charge in [-0.15, -0.1) is 0 Å². The summed E-state index contributed by atoms with van der Waals surface area (Å²) in [5.74, 6) is 0.687. The molecule has 0 unspecified atom stereocenters. The third-order valence-corrected chi connectivity index (χ3v) is 3.03. The summed E-state index contributed by atoms with van der Waals surface area (Å²) in [6, 6.07) is 0. The van der Waals surface area contributed by atoms with Crippen LogP contribution in [0.1, 0.15) is 46.0 Å². The van der Waals surface area contributed by atoms with Crippen molar-refractivity contribution in [1.82, 2.24) is 4.90 Å². The Labute approximate surface area is 88.3 Å². The van der Waals surface area contributed by atoms with E-state index < -0.39 is 0 Å². The summed E-state index contributed by atoms with van der Waals surface area (Å²) in [7, 11) is 2.12. The van der Waals surface area contributed by atoms with Crippen LogP contribution in [-0.4, -0.2) is 35.7 Å². The molecule has 2 heteroatoms. The lowest BCUT2D eigenvalue weighted by molar-refractivity contribution is -0.0225. The second kappa shape index (κ2) is 5.13. The normalized spacial score (nSPS) is 21.9. The molecule has 2 nitrogen and oxygen atoms in total. The molecular weight excluding hydrogens is 174 g/mol. The molecule has 0 aromatic rings. The first-order valence-electron chi connectivity index (χ1n) is 5.93. The van der Waals surface area contributed by atoms with Crippen LogP contribution in [0.3, 0.4) is 0 Å². The largest absolute Gasteiger partial charge is 0.389 e. The van der Waals surface area contributed by atoms with Crippen molar-refractivity contribution in [3.05, 3.63) is 0 Å². The van der Waals surface area contributed by atoms with Crippen LogP contribution in [0, 0.1) is 5.92 Å². The van der Waals surface area contributed by atoms with E-state index in [1.165, 1.54) is 19.3 Å². The van der Waals surface area contributed by atoms with Crippen molar-refractivity contribution in [2.45, 2.75) is 51.6 Å². The minimum absolute atomic E-state index is 0.387. The second-order valence-corrected chi connectivity index (χ2v) is 5.38. The zero-order valence-electron chi connectivity index (χ0n) is 9.92. The number of aliphatic hydroxyl groups is 1. The Kier molecular flexibility index (Phi) is 4.39. The molecule has 0 aromatic carbocycles. The number of hydrogen-bond acceptors (Lipinski definition) is 2. The average Bonchev–Trinajstić information content (AvgIpc) is 2.02. The van der Waals surface area contributed by atoms with Crippen molar-refractivity contribution in [1.29, 1.82) is 0 Å². The molecule has 1 saturated carbocycles. The second-order valence-electron chi connectivity index (χ2n) is 5.38. The van der Waals surface area contributed by atoms with Gasteiger partial charge in [0.2, 0.25) is 0 Å². The van der Waals surface area contributed by atoms with Crippen LogP contribution < -0.4 is 0 Å². The average molecular weight is 199 g/mol. The maximum atomic E-state index is 10.3. The lowest BCUT2D eigenvalue weighted by Gasteiger charge is -2.36. The van der Waals surface area contributed by atoms with Gasteiger partial charge in [0.1, 0.15) is 0 Å². The minimum Gasteiger partial charge on any atom is -0.389 e. The van der Waals surface area contributed by atoms with Crippen molar-refractivity contribution in [2.75, 3.05) is 20.1 Å². The van der Waals surface area contributed by atoms with Crippen LogP contribution in [0.4, 0.5) is 0 Å². The van der Waals surface area contributed by atoms with E-state index in [-0.39, 0.29) is 5.60 Å². The lowest BCUT2D eigenvalue weighted by Crippen LogP contribution is -2.43. The van der Waals surface area contributed by atoms with E-state index in [0.717, 1.165) is 25.9 Å². The van der Waals surface area contributed by atoms with Crippen molar-refractivity contribution < 1.29 is 5.11 Å². The first-order chi connectivity index (χ1) is 6.52. The maximum Gasteiger partial charge on any atom is 0.0774 e. The molecular formula is C12H25NO. The highest BCUT2D eigenvalue weighted by molar-refractivity contribution is 4.84. The summed E-state index contributed by atoms with van der Waals surface area (Å²) < 4.78 is 0. The molecule has 1 N–H and O–H groups in total. The van der Waals surface area contributed by atoms with E-state index in [1.54, 1.807) is 0 Å². The summed E-state index contributed by atoms with van der Waals surface area (Å²) in [6.07, 6.45) is 5.69. The van der Waals surface area contributed by atoms with Crippen LogP contribution in [-0.2, 0) is 0 Å². The molecule has 84 valence electrons. The molecule has 0 saturated heterocycles. The zero-order valence-corrected chi connectivity index (χ0v) is 9.92. The molecule has 1 aliphatic rings. The fourth-order valence-electron chi connectivity index (χ4n) is 2.56. The van der Waals surface area contributed by atoms with Crippen molar-refractivity contribution in [2.24, 2.45) is 5.92 Å². The Balaban J connectivity index is 2.33. The van der Waals surface area contributed by atoms with Crippen LogP contribution >= 0.6 is 0 Å². The van der Waals surface area contributed by atoms with Gasteiger partial charge >= 0.3 is 0 Å². The molecule has 1 rings (SSSR count). The van der Waals surface area contributed by atoms with Gasteiger partial charge in [0.25, 0.3) is 0 Å². The van der Waals surface area contributed by atoms with Gasteiger partial charge < -0.3 is 10.0 Å². The highest BCUT2D eigenvalue weighted by Crippen LogP contribution is 2.28. The van der Waals surface area contributed by atoms with E-state index >= 15 is 0 Å². The van der Waals surface area contributed by atoms with Crippen LogP contribution in [0.25, 0.3) is 0 Å². The van der Waals surface area contributed by atoms with E-state index in [9.17, 15) is 5.11 Å². The van der Waals surface area contributed by atoms with Crippen molar-refractivity contribution >= 4 is 0 Å². The van der Waals surface area contributed by atoms with Gasteiger partial charge in [0.15, 0.2) is 0 Å². The Hall–Kier alpha value is -0.0800. The fourth-order valence-corrected chi connectivity index (χ4v) is 2.56. The predicted molar refractivity (Wildman–Crippen MR) is 60.4 cm³/mol. The first-order valence-corrected chi connectivity index (χ1v) is 5.93. The third kappa shape index (κ3) is 3.97.